The van der Waals surface area contributed by atoms with Gasteiger partial charge in [0, 0.05) is 11.6 Å². The summed E-state index contributed by atoms with van der Waals surface area (Å²) in [5, 5.41) is 3.06. The van der Waals surface area contributed by atoms with Gasteiger partial charge in [0.05, 0.1) is 31.9 Å². The average molecular weight is 459 g/mol. The van der Waals surface area contributed by atoms with Gasteiger partial charge in [-0.2, -0.15) is 0 Å². The maximum atomic E-state index is 13.9. The Hall–Kier alpha value is -3.54. The first-order valence-corrected chi connectivity index (χ1v) is 12.0. The van der Waals surface area contributed by atoms with E-state index in [9.17, 15) is 9.59 Å². The molecule has 1 aliphatic carbocycles. The lowest BCUT2D eigenvalue weighted by molar-refractivity contribution is -0.124. The molecule has 2 aromatic carbocycles. The van der Waals surface area contributed by atoms with E-state index in [0.29, 0.717) is 17.9 Å². The fourth-order valence-electron chi connectivity index (χ4n) is 5.45. The number of carbonyl (C=O) groups excluding carboxylic acids is 2. The molecule has 34 heavy (non-hydrogen) atoms. The van der Waals surface area contributed by atoms with E-state index < -0.39 is 12.0 Å². The van der Waals surface area contributed by atoms with E-state index in [4.69, 9.17) is 9.15 Å². The number of amides is 2. The Labute approximate surface area is 199 Å². The van der Waals surface area contributed by atoms with Crippen LogP contribution in [0.3, 0.4) is 0 Å². The van der Waals surface area contributed by atoms with E-state index in [1.807, 2.05) is 59.5 Å². The number of hydrogen-bond acceptors (Lipinski definition) is 4. The van der Waals surface area contributed by atoms with Crippen LogP contribution in [-0.4, -0.2) is 29.9 Å². The quantitative estimate of drug-likeness (QED) is 0.550. The highest BCUT2D eigenvalue weighted by Crippen LogP contribution is 2.46. The molecule has 6 heteroatoms. The molecule has 0 bridgehead atoms. The van der Waals surface area contributed by atoms with Crippen molar-refractivity contribution in [2.75, 3.05) is 7.11 Å². The number of nitrogens with zero attached hydrogens (tertiary/aromatic N) is 1. The lowest BCUT2D eigenvalue weighted by Crippen LogP contribution is -2.51. The van der Waals surface area contributed by atoms with Gasteiger partial charge in [0.2, 0.25) is 5.91 Å². The van der Waals surface area contributed by atoms with Crippen molar-refractivity contribution in [1.82, 2.24) is 10.2 Å². The van der Waals surface area contributed by atoms with Crippen LogP contribution in [-0.2, 0) is 11.3 Å². The number of fused-ring (bicyclic) bond motifs is 1. The number of furan rings is 1. The molecule has 1 aliphatic heterocycles. The maximum Gasteiger partial charge on any atom is 0.254 e. The first-order valence-electron chi connectivity index (χ1n) is 12.0. The Morgan fingerprint density at radius 1 is 1.03 bits per heavy atom. The van der Waals surface area contributed by atoms with Crippen LogP contribution in [0.2, 0.25) is 0 Å². The van der Waals surface area contributed by atoms with Gasteiger partial charge in [0.25, 0.3) is 5.91 Å². The Balaban J connectivity index is 1.59. The summed E-state index contributed by atoms with van der Waals surface area (Å²) in [5.74, 6) is 0.809. The number of nitrogens with one attached hydrogen (secondary N) is 1. The Bertz CT molecular complexity index is 1130. The first-order chi connectivity index (χ1) is 16.7. The molecule has 0 radical (unpaired) electrons. The van der Waals surface area contributed by atoms with Gasteiger partial charge in [-0.05, 0) is 54.3 Å². The van der Waals surface area contributed by atoms with Crippen molar-refractivity contribution in [2.24, 2.45) is 0 Å². The molecule has 1 N–H and O–H groups in total. The molecular formula is C28H30N2O4. The second-order valence-electron chi connectivity index (χ2n) is 9.08. The van der Waals surface area contributed by atoms with Crippen molar-refractivity contribution in [3.05, 3.63) is 89.4 Å². The predicted molar refractivity (Wildman–Crippen MR) is 129 cm³/mol. The predicted octanol–water partition coefficient (Wildman–Crippen LogP) is 5.22. The van der Waals surface area contributed by atoms with E-state index in [1.165, 1.54) is 6.42 Å². The first kappa shape index (κ1) is 22.3. The van der Waals surface area contributed by atoms with Crippen LogP contribution < -0.4 is 10.1 Å². The zero-order valence-electron chi connectivity index (χ0n) is 19.4. The fourth-order valence-corrected chi connectivity index (χ4v) is 5.45. The second-order valence-corrected chi connectivity index (χ2v) is 9.08. The zero-order valence-corrected chi connectivity index (χ0v) is 19.4. The molecule has 176 valence electrons. The summed E-state index contributed by atoms with van der Waals surface area (Å²) in [7, 11) is 1.63. The molecule has 2 amide bonds. The molecule has 0 spiro atoms. The SMILES string of the molecule is COc1ccc(C2C(C(=O)NCc3ccco3)c3ccccc3C(=O)N2C2CCCCC2)cc1. The number of methoxy groups -OCH3 is 1. The third-order valence-electron chi connectivity index (χ3n) is 7.10. The van der Waals surface area contributed by atoms with Crippen molar-refractivity contribution >= 4 is 11.8 Å². The van der Waals surface area contributed by atoms with Gasteiger partial charge in [-0.15, -0.1) is 0 Å². The minimum atomic E-state index is -0.529. The lowest BCUT2D eigenvalue weighted by atomic mass is 9.77. The standard InChI is InChI=1S/C28H30N2O4/c1-33-21-15-13-19(14-16-21)26-25(27(31)29-18-22-10-7-17-34-22)23-11-5-6-12-24(23)28(32)30(26)20-8-3-2-4-9-20/h5-7,10-17,20,25-26H,2-4,8-9,18H2,1H3,(H,29,31). The molecule has 2 heterocycles. The summed E-state index contributed by atoms with van der Waals surface area (Å²) >= 11 is 0. The molecule has 2 atom stereocenters. The molecule has 0 saturated heterocycles. The van der Waals surface area contributed by atoms with E-state index in [0.717, 1.165) is 42.6 Å². The Morgan fingerprint density at radius 2 is 1.79 bits per heavy atom. The topological polar surface area (TPSA) is 71.8 Å². The van der Waals surface area contributed by atoms with Crippen LogP contribution >= 0.6 is 0 Å². The zero-order chi connectivity index (χ0) is 23.5. The summed E-state index contributed by atoms with van der Waals surface area (Å²) in [6.07, 6.45) is 6.90. The number of carbonyl (C=O) groups is 2. The summed E-state index contributed by atoms with van der Waals surface area (Å²) in [6.45, 7) is 0.303. The maximum absolute atomic E-state index is 13.9. The third kappa shape index (κ3) is 4.20. The van der Waals surface area contributed by atoms with E-state index in [1.54, 1.807) is 19.4 Å². The van der Waals surface area contributed by atoms with E-state index >= 15 is 0 Å². The van der Waals surface area contributed by atoms with Gasteiger partial charge in [-0.25, -0.2) is 0 Å². The van der Waals surface area contributed by atoms with Crippen LogP contribution in [0.5, 0.6) is 5.75 Å². The molecule has 1 fully saturated rings. The smallest absolute Gasteiger partial charge is 0.254 e. The number of rotatable bonds is 6. The summed E-state index contributed by atoms with van der Waals surface area (Å²) in [5.41, 5.74) is 2.33. The Morgan fingerprint density at radius 3 is 2.50 bits per heavy atom. The van der Waals surface area contributed by atoms with Crippen LogP contribution in [0.1, 0.15) is 71.3 Å². The number of hydrogen-bond donors (Lipinski definition) is 1. The molecule has 6 nitrogen and oxygen atoms in total. The van der Waals surface area contributed by atoms with Crippen molar-refractivity contribution in [1.29, 1.82) is 0 Å². The number of benzene rings is 2. The van der Waals surface area contributed by atoms with Crippen molar-refractivity contribution in [2.45, 2.75) is 56.7 Å². The average Bonchev–Trinajstić information content (AvgIpc) is 3.41. The molecule has 3 aromatic rings. The summed E-state index contributed by atoms with van der Waals surface area (Å²) in [4.78, 5) is 29.7. The normalized spacial score (nSPS) is 20.6. The highest BCUT2D eigenvalue weighted by Gasteiger charge is 2.46. The van der Waals surface area contributed by atoms with Gasteiger partial charge in [0.15, 0.2) is 0 Å². The molecule has 5 rings (SSSR count). The van der Waals surface area contributed by atoms with Crippen LogP contribution in [0, 0.1) is 0 Å². The fraction of sp³-hybridized carbons (Fsp3) is 0.357. The third-order valence-corrected chi connectivity index (χ3v) is 7.10. The monoisotopic (exact) mass is 458 g/mol. The summed E-state index contributed by atoms with van der Waals surface area (Å²) in [6, 6.07) is 18.7. The highest BCUT2D eigenvalue weighted by molar-refractivity contribution is 6.01. The van der Waals surface area contributed by atoms with Gasteiger partial charge in [-0.3, -0.25) is 9.59 Å². The second kappa shape index (κ2) is 9.75. The van der Waals surface area contributed by atoms with Gasteiger partial charge >= 0.3 is 0 Å². The largest absolute Gasteiger partial charge is 0.497 e. The van der Waals surface area contributed by atoms with Crippen molar-refractivity contribution in [3.8, 4) is 5.75 Å². The van der Waals surface area contributed by atoms with Gasteiger partial charge < -0.3 is 19.4 Å². The molecule has 1 saturated carbocycles. The van der Waals surface area contributed by atoms with Crippen LogP contribution in [0.25, 0.3) is 0 Å². The minimum Gasteiger partial charge on any atom is -0.497 e. The molecular weight excluding hydrogens is 428 g/mol. The summed E-state index contributed by atoms with van der Waals surface area (Å²) < 4.78 is 10.8. The van der Waals surface area contributed by atoms with Gasteiger partial charge in [-0.1, -0.05) is 49.6 Å². The van der Waals surface area contributed by atoms with Crippen LogP contribution in [0.4, 0.5) is 0 Å². The molecule has 2 unspecified atom stereocenters. The number of ether oxygens (including phenoxy) is 1. The highest BCUT2D eigenvalue weighted by atomic mass is 16.5. The molecule has 2 aliphatic rings. The molecule has 1 aromatic heterocycles. The minimum absolute atomic E-state index is 0.0124. The van der Waals surface area contributed by atoms with E-state index in [-0.39, 0.29) is 17.9 Å². The van der Waals surface area contributed by atoms with Crippen molar-refractivity contribution in [3.63, 3.8) is 0 Å². The van der Waals surface area contributed by atoms with E-state index in [2.05, 4.69) is 5.32 Å². The van der Waals surface area contributed by atoms with Gasteiger partial charge in [0.1, 0.15) is 11.5 Å². The van der Waals surface area contributed by atoms with Crippen molar-refractivity contribution < 1.29 is 18.7 Å². The van der Waals surface area contributed by atoms with Crippen LogP contribution in [0.15, 0.2) is 71.3 Å². The lowest BCUT2D eigenvalue weighted by Gasteiger charge is -2.46. The Kier molecular flexibility index (Phi) is 6.39.